The van der Waals surface area contributed by atoms with Gasteiger partial charge in [-0.05, 0) is 37.8 Å². The van der Waals surface area contributed by atoms with Crippen LogP contribution in [0.25, 0.3) is 0 Å². The molecule has 5 heteroatoms. The van der Waals surface area contributed by atoms with E-state index in [9.17, 15) is 18.0 Å². The number of carbonyl (C=O) groups is 1. The first-order valence-electron chi connectivity index (χ1n) is 6.21. The summed E-state index contributed by atoms with van der Waals surface area (Å²) in [6.45, 7) is 2.02. The van der Waals surface area contributed by atoms with E-state index in [1.54, 1.807) is 13.0 Å². The Morgan fingerprint density at radius 1 is 1.37 bits per heavy atom. The maximum atomic E-state index is 12.6. The van der Waals surface area contributed by atoms with Crippen LogP contribution in [0.3, 0.4) is 0 Å². The molecule has 0 heterocycles. The molecule has 0 saturated heterocycles. The second kappa shape index (κ2) is 4.87. The van der Waals surface area contributed by atoms with Crippen molar-refractivity contribution >= 4 is 5.97 Å². The van der Waals surface area contributed by atoms with Gasteiger partial charge in [0, 0.05) is 0 Å². The van der Waals surface area contributed by atoms with E-state index in [0.29, 0.717) is 31.4 Å². The van der Waals surface area contributed by atoms with Gasteiger partial charge in [0.25, 0.3) is 0 Å². The van der Waals surface area contributed by atoms with E-state index in [1.165, 1.54) is 6.07 Å². The minimum Gasteiger partial charge on any atom is -0.466 e. The van der Waals surface area contributed by atoms with Crippen molar-refractivity contribution in [2.75, 3.05) is 6.61 Å². The Balaban J connectivity index is 2.14. The van der Waals surface area contributed by atoms with Crippen LogP contribution in [0.2, 0.25) is 0 Å². The average Bonchev–Trinajstić information content (AvgIpc) is 3.10. The molecule has 0 aromatic heterocycles. The van der Waals surface area contributed by atoms with E-state index in [2.05, 4.69) is 0 Å². The molecule has 1 aliphatic carbocycles. The first-order valence-corrected chi connectivity index (χ1v) is 6.21. The van der Waals surface area contributed by atoms with Crippen LogP contribution in [0.1, 0.15) is 30.9 Å². The Morgan fingerprint density at radius 2 is 2.05 bits per heavy atom. The fraction of sp³-hybridized carbons (Fsp3) is 0.500. The van der Waals surface area contributed by atoms with Gasteiger partial charge in [-0.3, -0.25) is 4.79 Å². The second-order valence-electron chi connectivity index (χ2n) is 4.88. The van der Waals surface area contributed by atoms with Gasteiger partial charge in [0.1, 0.15) is 0 Å². The standard InChI is InChI=1S/C14H15F3O2/c1-2-19-12(18)13(6-7-13)9-10-4-3-5-11(8-10)14(15,16)17/h3-5,8H,2,6-7,9H2,1H3. The number of rotatable bonds is 4. The summed E-state index contributed by atoms with van der Waals surface area (Å²) in [5, 5.41) is 0. The minimum absolute atomic E-state index is 0.295. The lowest BCUT2D eigenvalue weighted by Crippen LogP contribution is -2.21. The molecule has 104 valence electrons. The van der Waals surface area contributed by atoms with Crippen molar-refractivity contribution in [2.24, 2.45) is 5.41 Å². The topological polar surface area (TPSA) is 26.3 Å². The highest BCUT2D eigenvalue weighted by molar-refractivity contribution is 5.80. The van der Waals surface area contributed by atoms with Gasteiger partial charge in [-0.25, -0.2) is 0 Å². The number of alkyl halides is 3. The van der Waals surface area contributed by atoms with Gasteiger partial charge in [-0.15, -0.1) is 0 Å². The Labute approximate surface area is 109 Å². The van der Waals surface area contributed by atoms with Gasteiger partial charge in [-0.1, -0.05) is 18.2 Å². The van der Waals surface area contributed by atoms with E-state index in [-0.39, 0.29) is 5.97 Å². The van der Waals surface area contributed by atoms with Crippen LogP contribution in [-0.2, 0) is 22.1 Å². The van der Waals surface area contributed by atoms with Crippen molar-refractivity contribution in [1.29, 1.82) is 0 Å². The summed E-state index contributed by atoms with van der Waals surface area (Å²) in [6, 6.07) is 5.14. The van der Waals surface area contributed by atoms with Crippen molar-refractivity contribution in [3.05, 3.63) is 35.4 Å². The third-order valence-corrected chi connectivity index (χ3v) is 3.36. The lowest BCUT2D eigenvalue weighted by Gasteiger charge is -2.15. The second-order valence-corrected chi connectivity index (χ2v) is 4.88. The van der Waals surface area contributed by atoms with Gasteiger partial charge in [0.15, 0.2) is 0 Å². The molecular formula is C14H15F3O2. The number of carbonyl (C=O) groups excluding carboxylic acids is 1. The van der Waals surface area contributed by atoms with Crippen LogP contribution < -0.4 is 0 Å². The molecule has 1 aromatic rings. The fourth-order valence-corrected chi connectivity index (χ4v) is 2.14. The zero-order valence-corrected chi connectivity index (χ0v) is 10.6. The summed E-state index contributed by atoms with van der Waals surface area (Å²) in [6.07, 6.45) is -2.67. The van der Waals surface area contributed by atoms with E-state index >= 15 is 0 Å². The molecule has 2 rings (SSSR count). The Bertz CT molecular complexity index is 476. The number of esters is 1. The maximum Gasteiger partial charge on any atom is 0.416 e. The van der Waals surface area contributed by atoms with Crippen LogP contribution in [0.5, 0.6) is 0 Å². The first-order chi connectivity index (χ1) is 8.87. The lowest BCUT2D eigenvalue weighted by atomic mass is 9.95. The van der Waals surface area contributed by atoms with Crippen LogP contribution >= 0.6 is 0 Å². The molecule has 0 amide bonds. The SMILES string of the molecule is CCOC(=O)C1(Cc2cccc(C(F)(F)F)c2)CC1. The van der Waals surface area contributed by atoms with Crippen LogP contribution in [0, 0.1) is 5.41 Å². The van der Waals surface area contributed by atoms with Crippen molar-refractivity contribution in [2.45, 2.75) is 32.4 Å². The quantitative estimate of drug-likeness (QED) is 0.783. The van der Waals surface area contributed by atoms with Crippen molar-refractivity contribution in [1.82, 2.24) is 0 Å². The zero-order valence-electron chi connectivity index (χ0n) is 10.6. The van der Waals surface area contributed by atoms with Gasteiger partial charge < -0.3 is 4.74 Å². The van der Waals surface area contributed by atoms with E-state index < -0.39 is 17.2 Å². The molecule has 2 nitrogen and oxygen atoms in total. The van der Waals surface area contributed by atoms with Crippen molar-refractivity contribution in [3.63, 3.8) is 0 Å². The Kier molecular flexibility index (Phi) is 3.56. The van der Waals surface area contributed by atoms with Crippen LogP contribution in [-0.4, -0.2) is 12.6 Å². The summed E-state index contributed by atoms with van der Waals surface area (Å²) in [4.78, 5) is 11.8. The van der Waals surface area contributed by atoms with Gasteiger partial charge in [0.05, 0.1) is 17.6 Å². The zero-order chi connectivity index (χ0) is 14.1. The van der Waals surface area contributed by atoms with E-state index in [0.717, 1.165) is 12.1 Å². The normalized spacial score (nSPS) is 17.1. The summed E-state index contributed by atoms with van der Waals surface area (Å²) >= 11 is 0. The maximum absolute atomic E-state index is 12.6. The average molecular weight is 272 g/mol. The molecule has 0 aliphatic heterocycles. The molecule has 1 fully saturated rings. The predicted octanol–water partition coefficient (Wildman–Crippen LogP) is 3.59. The van der Waals surface area contributed by atoms with Crippen LogP contribution in [0.4, 0.5) is 13.2 Å². The van der Waals surface area contributed by atoms with Crippen molar-refractivity contribution in [3.8, 4) is 0 Å². The summed E-state index contributed by atoms with van der Waals surface area (Å²) in [5.74, 6) is -0.299. The first kappa shape index (κ1) is 13.9. The van der Waals surface area contributed by atoms with E-state index in [4.69, 9.17) is 4.74 Å². The molecule has 1 aromatic carbocycles. The summed E-state index contributed by atoms with van der Waals surface area (Å²) in [7, 11) is 0. The lowest BCUT2D eigenvalue weighted by molar-refractivity contribution is -0.149. The Hall–Kier alpha value is -1.52. The molecule has 0 spiro atoms. The molecule has 0 N–H and O–H groups in total. The molecule has 0 atom stereocenters. The smallest absolute Gasteiger partial charge is 0.416 e. The number of benzene rings is 1. The molecule has 19 heavy (non-hydrogen) atoms. The summed E-state index contributed by atoms with van der Waals surface area (Å²) < 4.78 is 42.8. The molecule has 0 unspecified atom stereocenters. The number of ether oxygens (including phenoxy) is 1. The monoisotopic (exact) mass is 272 g/mol. The molecule has 1 aliphatic rings. The van der Waals surface area contributed by atoms with Gasteiger partial charge in [-0.2, -0.15) is 13.2 Å². The molecule has 1 saturated carbocycles. The fourth-order valence-electron chi connectivity index (χ4n) is 2.14. The highest BCUT2D eigenvalue weighted by atomic mass is 19.4. The minimum atomic E-state index is -4.35. The summed E-state index contributed by atoms with van der Waals surface area (Å²) in [5.41, 5.74) is -0.745. The highest BCUT2D eigenvalue weighted by Gasteiger charge is 2.51. The predicted molar refractivity (Wildman–Crippen MR) is 63.4 cm³/mol. The number of hydrogen-bond acceptors (Lipinski definition) is 2. The third kappa shape index (κ3) is 3.08. The Morgan fingerprint density at radius 3 is 2.58 bits per heavy atom. The van der Waals surface area contributed by atoms with Crippen molar-refractivity contribution < 1.29 is 22.7 Å². The highest BCUT2D eigenvalue weighted by Crippen LogP contribution is 2.49. The third-order valence-electron chi connectivity index (χ3n) is 3.36. The molecule has 0 bridgehead atoms. The van der Waals surface area contributed by atoms with E-state index in [1.807, 2.05) is 0 Å². The molecular weight excluding hydrogens is 257 g/mol. The van der Waals surface area contributed by atoms with Crippen LogP contribution in [0.15, 0.2) is 24.3 Å². The number of halogens is 3. The van der Waals surface area contributed by atoms with Gasteiger partial charge in [0.2, 0.25) is 0 Å². The largest absolute Gasteiger partial charge is 0.466 e. The molecule has 0 radical (unpaired) electrons. The number of hydrogen-bond donors (Lipinski definition) is 0. The van der Waals surface area contributed by atoms with Gasteiger partial charge >= 0.3 is 12.1 Å².